The van der Waals surface area contributed by atoms with Crippen molar-refractivity contribution in [2.45, 2.75) is 50.7 Å². The van der Waals surface area contributed by atoms with E-state index >= 15 is 0 Å². The number of nitro groups is 1. The van der Waals surface area contributed by atoms with Gasteiger partial charge in [-0.15, -0.1) is 23.1 Å². The molecule has 0 spiro atoms. The number of amides is 2. The topological polar surface area (TPSA) is 114 Å². The number of rotatable bonds is 9. The van der Waals surface area contributed by atoms with E-state index in [1.54, 1.807) is 17.5 Å². The Bertz CT molecular complexity index is 1220. The van der Waals surface area contributed by atoms with Gasteiger partial charge < -0.3 is 10.6 Å². The first-order valence-electron chi connectivity index (χ1n) is 11.1. The van der Waals surface area contributed by atoms with Crippen molar-refractivity contribution in [3.05, 3.63) is 64.0 Å². The number of anilines is 2. The standard InChI is InChI=1S/C25H28N4O4S2/c1-5-21(35-19-11-7-9-17(13-19)26-22(30)14-25(2,3)4)23(31)28-24-27-20(15-34-24)16-8-6-10-18(12-16)29(32)33/h6-13,15,21H,5,14H2,1-4H3,(H,26,30)(H,27,28,31). The molecule has 0 aliphatic heterocycles. The number of non-ortho nitro benzene ring substituents is 1. The van der Waals surface area contributed by atoms with E-state index in [0.717, 1.165) is 4.90 Å². The summed E-state index contributed by atoms with van der Waals surface area (Å²) in [6.45, 7) is 7.97. The quantitative estimate of drug-likeness (QED) is 0.190. The van der Waals surface area contributed by atoms with Crippen LogP contribution in [0.5, 0.6) is 0 Å². The number of aromatic nitrogens is 1. The molecule has 1 heterocycles. The maximum atomic E-state index is 12.9. The third-order valence-corrected chi connectivity index (χ3v) is 6.95. The fourth-order valence-electron chi connectivity index (χ4n) is 3.25. The van der Waals surface area contributed by atoms with Gasteiger partial charge in [-0.1, -0.05) is 45.9 Å². The Morgan fingerprint density at radius 2 is 1.89 bits per heavy atom. The van der Waals surface area contributed by atoms with Crippen LogP contribution in [0, 0.1) is 15.5 Å². The largest absolute Gasteiger partial charge is 0.326 e. The third kappa shape index (κ3) is 7.90. The molecule has 35 heavy (non-hydrogen) atoms. The van der Waals surface area contributed by atoms with Crippen molar-refractivity contribution in [3.63, 3.8) is 0 Å². The van der Waals surface area contributed by atoms with E-state index in [9.17, 15) is 19.7 Å². The molecule has 0 aliphatic carbocycles. The van der Waals surface area contributed by atoms with Crippen LogP contribution in [-0.4, -0.2) is 27.0 Å². The SMILES string of the molecule is CCC(Sc1cccc(NC(=O)CC(C)(C)C)c1)C(=O)Nc1nc(-c2cccc([N+](=O)[O-])c2)cs1. The Labute approximate surface area is 212 Å². The second-order valence-electron chi connectivity index (χ2n) is 9.16. The zero-order chi connectivity index (χ0) is 25.6. The Balaban J connectivity index is 1.64. The van der Waals surface area contributed by atoms with Gasteiger partial charge >= 0.3 is 0 Å². The molecule has 0 radical (unpaired) electrons. The van der Waals surface area contributed by atoms with Crippen LogP contribution in [0.1, 0.15) is 40.5 Å². The number of benzene rings is 2. The third-order valence-electron chi connectivity index (χ3n) is 4.84. The van der Waals surface area contributed by atoms with Crippen molar-refractivity contribution in [2.75, 3.05) is 10.6 Å². The summed E-state index contributed by atoms with van der Waals surface area (Å²) < 4.78 is 0. The molecule has 10 heteroatoms. The van der Waals surface area contributed by atoms with Gasteiger partial charge in [0.05, 0.1) is 15.9 Å². The van der Waals surface area contributed by atoms with Gasteiger partial charge in [0, 0.05) is 40.1 Å². The second-order valence-corrected chi connectivity index (χ2v) is 11.3. The zero-order valence-corrected chi connectivity index (χ0v) is 21.7. The van der Waals surface area contributed by atoms with E-state index in [1.807, 2.05) is 52.0 Å². The summed E-state index contributed by atoms with van der Waals surface area (Å²) >= 11 is 2.68. The molecule has 184 valence electrons. The van der Waals surface area contributed by atoms with E-state index in [0.29, 0.717) is 34.9 Å². The molecule has 1 unspecified atom stereocenters. The summed E-state index contributed by atoms with van der Waals surface area (Å²) in [5.74, 6) is -0.229. The first-order chi connectivity index (χ1) is 16.5. The van der Waals surface area contributed by atoms with Crippen molar-refractivity contribution in [1.29, 1.82) is 0 Å². The van der Waals surface area contributed by atoms with Gasteiger partial charge in [-0.3, -0.25) is 19.7 Å². The highest BCUT2D eigenvalue weighted by Crippen LogP contribution is 2.31. The average molecular weight is 513 g/mol. The molecule has 1 aromatic heterocycles. The van der Waals surface area contributed by atoms with Crippen molar-refractivity contribution in [2.24, 2.45) is 5.41 Å². The number of carbonyl (C=O) groups excluding carboxylic acids is 2. The van der Waals surface area contributed by atoms with Crippen molar-refractivity contribution >= 4 is 51.4 Å². The molecule has 2 amide bonds. The minimum atomic E-state index is -0.452. The molecule has 0 fully saturated rings. The van der Waals surface area contributed by atoms with Gasteiger partial charge in [0.25, 0.3) is 5.69 Å². The highest BCUT2D eigenvalue weighted by Gasteiger charge is 2.21. The Morgan fingerprint density at radius 3 is 2.57 bits per heavy atom. The molecular weight excluding hydrogens is 484 g/mol. The number of hydrogen-bond donors (Lipinski definition) is 2. The minimum absolute atomic E-state index is 0.0136. The molecule has 0 bridgehead atoms. The van der Waals surface area contributed by atoms with Crippen molar-refractivity contribution < 1.29 is 14.5 Å². The van der Waals surface area contributed by atoms with Gasteiger partial charge in [-0.05, 0) is 30.0 Å². The number of carbonyl (C=O) groups is 2. The summed E-state index contributed by atoms with van der Waals surface area (Å²) in [6.07, 6.45) is 1.01. The Hall–Kier alpha value is -3.24. The first-order valence-corrected chi connectivity index (χ1v) is 12.9. The van der Waals surface area contributed by atoms with Crippen molar-refractivity contribution in [1.82, 2.24) is 4.98 Å². The van der Waals surface area contributed by atoms with Crippen LogP contribution in [0.2, 0.25) is 0 Å². The molecule has 1 atom stereocenters. The summed E-state index contributed by atoms with van der Waals surface area (Å²) in [5, 5.41) is 18.6. The number of nitrogens with zero attached hydrogens (tertiary/aromatic N) is 2. The molecule has 3 rings (SSSR count). The van der Waals surface area contributed by atoms with Crippen LogP contribution >= 0.6 is 23.1 Å². The van der Waals surface area contributed by atoms with Crippen molar-refractivity contribution in [3.8, 4) is 11.3 Å². The van der Waals surface area contributed by atoms with Gasteiger partial charge in [0.15, 0.2) is 5.13 Å². The minimum Gasteiger partial charge on any atom is -0.326 e. The Kier molecular flexibility index (Phi) is 8.63. The van der Waals surface area contributed by atoms with Crippen LogP contribution in [0.25, 0.3) is 11.3 Å². The smallest absolute Gasteiger partial charge is 0.270 e. The zero-order valence-electron chi connectivity index (χ0n) is 20.0. The molecule has 0 saturated carbocycles. The molecule has 3 aromatic rings. The maximum Gasteiger partial charge on any atom is 0.270 e. The van der Waals surface area contributed by atoms with Gasteiger partial charge in [0.2, 0.25) is 11.8 Å². The number of nitrogens with one attached hydrogen (secondary N) is 2. The maximum absolute atomic E-state index is 12.9. The van der Waals surface area contributed by atoms with Crippen LogP contribution < -0.4 is 10.6 Å². The average Bonchev–Trinajstić information content (AvgIpc) is 3.25. The van der Waals surface area contributed by atoms with Gasteiger partial charge in [0.1, 0.15) is 0 Å². The summed E-state index contributed by atoms with van der Waals surface area (Å²) in [7, 11) is 0. The second kappa shape index (κ2) is 11.5. The molecule has 8 nitrogen and oxygen atoms in total. The fourth-order valence-corrected chi connectivity index (χ4v) is 4.98. The lowest BCUT2D eigenvalue weighted by atomic mass is 9.92. The number of hydrogen-bond acceptors (Lipinski definition) is 7. The lowest BCUT2D eigenvalue weighted by Crippen LogP contribution is -2.24. The molecule has 2 aromatic carbocycles. The predicted octanol–water partition coefficient (Wildman–Crippen LogP) is 6.60. The number of thioether (sulfide) groups is 1. The van der Waals surface area contributed by atoms with Crippen LogP contribution in [0.3, 0.4) is 0 Å². The monoisotopic (exact) mass is 512 g/mol. The number of thiazole rings is 1. The highest BCUT2D eigenvalue weighted by atomic mass is 32.2. The Morgan fingerprint density at radius 1 is 1.14 bits per heavy atom. The molecular formula is C25H28N4O4S2. The summed E-state index contributed by atoms with van der Waals surface area (Å²) in [6, 6.07) is 13.7. The summed E-state index contributed by atoms with van der Waals surface area (Å²) in [4.78, 5) is 41.1. The summed E-state index contributed by atoms with van der Waals surface area (Å²) in [5.41, 5.74) is 1.75. The molecule has 0 aliphatic rings. The van der Waals surface area contributed by atoms with Gasteiger partial charge in [-0.25, -0.2) is 4.98 Å². The first kappa shape index (κ1) is 26.4. The fraction of sp³-hybridized carbons (Fsp3) is 0.320. The van der Waals surface area contributed by atoms with E-state index < -0.39 is 4.92 Å². The lowest BCUT2D eigenvalue weighted by molar-refractivity contribution is -0.384. The normalized spacial score (nSPS) is 12.1. The predicted molar refractivity (Wildman–Crippen MR) is 142 cm³/mol. The molecule has 0 saturated heterocycles. The van der Waals surface area contributed by atoms with Gasteiger partial charge in [-0.2, -0.15) is 0 Å². The van der Waals surface area contributed by atoms with Crippen LogP contribution in [-0.2, 0) is 9.59 Å². The van der Waals surface area contributed by atoms with E-state index in [4.69, 9.17) is 0 Å². The van der Waals surface area contributed by atoms with Crippen LogP contribution in [0.4, 0.5) is 16.5 Å². The molecule has 2 N–H and O–H groups in total. The van der Waals surface area contributed by atoms with Crippen LogP contribution in [0.15, 0.2) is 58.8 Å². The van der Waals surface area contributed by atoms with E-state index in [1.165, 1.54) is 35.2 Å². The highest BCUT2D eigenvalue weighted by molar-refractivity contribution is 8.00. The van der Waals surface area contributed by atoms with E-state index in [-0.39, 0.29) is 28.2 Å². The lowest BCUT2D eigenvalue weighted by Gasteiger charge is -2.18. The number of nitro benzene ring substituents is 1. The van der Waals surface area contributed by atoms with E-state index in [2.05, 4.69) is 15.6 Å².